The average Bonchev–Trinajstić information content (AvgIpc) is 3.08. The van der Waals surface area contributed by atoms with Crippen molar-refractivity contribution in [3.05, 3.63) is 52.2 Å². The van der Waals surface area contributed by atoms with Gasteiger partial charge in [0.25, 0.3) is 0 Å². The maximum Gasteiger partial charge on any atom is 0.244 e. The fourth-order valence-corrected chi connectivity index (χ4v) is 2.84. The Kier molecular flexibility index (Phi) is 6.88. The lowest BCUT2D eigenvalue weighted by molar-refractivity contribution is -0.117. The zero-order valence-electron chi connectivity index (χ0n) is 14.2. The van der Waals surface area contributed by atoms with Crippen molar-refractivity contribution in [2.45, 2.75) is 26.8 Å². The van der Waals surface area contributed by atoms with Crippen LogP contribution in [0.2, 0.25) is 0 Å². The van der Waals surface area contributed by atoms with E-state index in [1.807, 2.05) is 62.6 Å². The van der Waals surface area contributed by atoms with E-state index in [0.717, 1.165) is 16.2 Å². The first-order valence-corrected chi connectivity index (χ1v) is 8.93. The van der Waals surface area contributed by atoms with E-state index in [4.69, 9.17) is 9.47 Å². The molecule has 4 nitrogen and oxygen atoms in total. The third-order valence-corrected chi connectivity index (χ3v) is 4.21. The number of nitrogens with one attached hydrogen (secondary N) is 1. The second-order valence-electron chi connectivity index (χ2n) is 5.15. The van der Waals surface area contributed by atoms with Gasteiger partial charge in [-0.25, -0.2) is 0 Å². The molecule has 1 unspecified atom stereocenters. The highest BCUT2D eigenvalue weighted by atomic mass is 32.1. The van der Waals surface area contributed by atoms with Crippen LogP contribution in [-0.2, 0) is 4.79 Å². The van der Waals surface area contributed by atoms with E-state index in [1.165, 1.54) is 0 Å². The molecule has 1 aromatic carbocycles. The minimum Gasteiger partial charge on any atom is -0.490 e. The number of rotatable bonds is 8. The van der Waals surface area contributed by atoms with Gasteiger partial charge < -0.3 is 14.8 Å². The summed E-state index contributed by atoms with van der Waals surface area (Å²) in [5.41, 5.74) is 0.972. The molecule has 0 saturated carbocycles. The SMILES string of the molecule is CCOc1ccc(C(C)NC(=O)C=Cc2cccs2)cc1OCC. The quantitative estimate of drug-likeness (QED) is 0.720. The lowest BCUT2D eigenvalue weighted by Crippen LogP contribution is -2.24. The van der Waals surface area contributed by atoms with Crippen LogP contribution in [0, 0.1) is 0 Å². The van der Waals surface area contributed by atoms with Crippen molar-refractivity contribution in [1.29, 1.82) is 0 Å². The molecule has 1 heterocycles. The predicted molar refractivity (Wildman–Crippen MR) is 98.7 cm³/mol. The molecule has 2 aromatic rings. The number of carbonyl (C=O) groups excluding carboxylic acids is 1. The van der Waals surface area contributed by atoms with E-state index in [-0.39, 0.29) is 11.9 Å². The normalized spacial score (nSPS) is 12.1. The van der Waals surface area contributed by atoms with Gasteiger partial charge in [0.2, 0.25) is 5.91 Å². The molecule has 0 aliphatic rings. The van der Waals surface area contributed by atoms with Crippen LogP contribution < -0.4 is 14.8 Å². The summed E-state index contributed by atoms with van der Waals surface area (Å²) >= 11 is 1.60. The summed E-state index contributed by atoms with van der Waals surface area (Å²) in [4.78, 5) is 13.1. The molecular formula is C19H23NO3S. The van der Waals surface area contributed by atoms with Gasteiger partial charge in [0.1, 0.15) is 0 Å². The molecule has 0 aliphatic heterocycles. The van der Waals surface area contributed by atoms with Gasteiger partial charge in [0, 0.05) is 11.0 Å². The molecule has 0 saturated heterocycles. The van der Waals surface area contributed by atoms with Crippen LogP contribution in [0.25, 0.3) is 6.08 Å². The molecule has 0 aliphatic carbocycles. The highest BCUT2D eigenvalue weighted by Crippen LogP contribution is 2.30. The summed E-state index contributed by atoms with van der Waals surface area (Å²) in [7, 11) is 0. The van der Waals surface area contributed by atoms with Gasteiger partial charge in [0.15, 0.2) is 11.5 Å². The third-order valence-electron chi connectivity index (χ3n) is 3.37. The van der Waals surface area contributed by atoms with Gasteiger partial charge in [-0.05, 0) is 56.0 Å². The van der Waals surface area contributed by atoms with Crippen LogP contribution >= 0.6 is 11.3 Å². The molecule has 0 fully saturated rings. The molecule has 2 rings (SSSR count). The Hall–Kier alpha value is -2.27. The third kappa shape index (κ3) is 5.13. The van der Waals surface area contributed by atoms with Gasteiger partial charge in [-0.3, -0.25) is 4.79 Å². The summed E-state index contributed by atoms with van der Waals surface area (Å²) in [5, 5.41) is 4.94. The van der Waals surface area contributed by atoms with E-state index in [9.17, 15) is 4.79 Å². The number of benzene rings is 1. The van der Waals surface area contributed by atoms with Crippen molar-refractivity contribution in [3.63, 3.8) is 0 Å². The Balaban J connectivity index is 2.04. The lowest BCUT2D eigenvalue weighted by atomic mass is 10.1. The van der Waals surface area contributed by atoms with Crippen molar-refractivity contribution in [1.82, 2.24) is 5.32 Å². The lowest BCUT2D eigenvalue weighted by Gasteiger charge is -2.17. The second kappa shape index (κ2) is 9.13. The standard InChI is InChI=1S/C19H23NO3S/c1-4-22-17-10-8-15(13-18(17)23-5-2)14(3)20-19(21)11-9-16-7-6-12-24-16/h6-14H,4-5H2,1-3H3,(H,20,21). The maximum atomic E-state index is 12.1. The summed E-state index contributed by atoms with van der Waals surface area (Å²) in [6, 6.07) is 9.55. The maximum absolute atomic E-state index is 12.1. The van der Waals surface area contributed by atoms with Crippen molar-refractivity contribution in [3.8, 4) is 11.5 Å². The van der Waals surface area contributed by atoms with E-state index in [0.29, 0.717) is 19.0 Å². The predicted octanol–water partition coefficient (Wildman–Crippen LogP) is 4.44. The fourth-order valence-electron chi connectivity index (χ4n) is 2.23. The second-order valence-corrected chi connectivity index (χ2v) is 6.13. The molecule has 128 valence electrons. The number of amides is 1. The summed E-state index contributed by atoms with van der Waals surface area (Å²) in [6.45, 7) is 6.96. The van der Waals surface area contributed by atoms with Crippen LogP contribution in [0.3, 0.4) is 0 Å². The molecule has 1 N–H and O–H groups in total. The smallest absolute Gasteiger partial charge is 0.244 e. The Morgan fingerprint density at radius 3 is 2.62 bits per heavy atom. The number of hydrogen-bond donors (Lipinski definition) is 1. The summed E-state index contributed by atoms with van der Waals surface area (Å²) in [6.07, 6.45) is 3.37. The highest BCUT2D eigenvalue weighted by molar-refractivity contribution is 7.10. The Bertz CT molecular complexity index is 680. The van der Waals surface area contributed by atoms with Gasteiger partial charge in [-0.2, -0.15) is 0 Å². The van der Waals surface area contributed by atoms with Crippen LogP contribution in [-0.4, -0.2) is 19.1 Å². The minimum absolute atomic E-state index is 0.122. The topological polar surface area (TPSA) is 47.6 Å². The minimum atomic E-state index is -0.125. The molecule has 1 atom stereocenters. The molecule has 5 heteroatoms. The Labute approximate surface area is 147 Å². The zero-order valence-corrected chi connectivity index (χ0v) is 15.1. The first-order valence-electron chi connectivity index (χ1n) is 8.05. The van der Waals surface area contributed by atoms with Crippen LogP contribution in [0.4, 0.5) is 0 Å². The first-order chi connectivity index (χ1) is 11.6. The Morgan fingerprint density at radius 2 is 1.96 bits per heavy atom. The van der Waals surface area contributed by atoms with E-state index in [1.54, 1.807) is 17.4 Å². The highest BCUT2D eigenvalue weighted by Gasteiger charge is 2.12. The Morgan fingerprint density at radius 1 is 1.21 bits per heavy atom. The number of hydrogen-bond acceptors (Lipinski definition) is 4. The zero-order chi connectivity index (χ0) is 17.4. The van der Waals surface area contributed by atoms with Crippen molar-refractivity contribution < 1.29 is 14.3 Å². The summed E-state index contributed by atoms with van der Waals surface area (Å²) in [5.74, 6) is 1.30. The van der Waals surface area contributed by atoms with Gasteiger partial charge in [0.05, 0.1) is 19.3 Å². The molecule has 1 amide bonds. The number of thiophene rings is 1. The molecule has 24 heavy (non-hydrogen) atoms. The van der Waals surface area contributed by atoms with Crippen molar-refractivity contribution in [2.75, 3.05) is 13.2 Å². The molecule has 0 radical (unpaired) electrons. The number of ether oxygens (including phenoxy) is 2. The van der Waals surface area contributed by atoms with Crippen LogP contribution in [0.15, 0.2) is 41.8 Å². The number of carbonyl (C=O) groups is 1. The van der Waals surface area contributed by atoms with Gasteiger partial charge in [-0.1, -0.05) is 12.1 Å². The van der Waals surface area contributed by atoms with E-state index in [2.05, 4.69) is 5.32 Å². The first kappa shape index (κ1) is 18.1. The molecular weight excluding hydrogens is 322 g/mol. The van der Waals surface area contributed by atoms with Crippen molar-refractivity contribution in [2.24, 2.45) is 0 Å². The van der Waals surface area contributed by atoms with Gasteiger partial charge in [-0.15, -0.1) is 11.3 Å². The average molecular weight is 345 g/mol. The van der Waals surface area contributed by atoms with Gasteiger partial charge >= 0.3 is 0 Å². The van der Waals surface area contributed by atoms with E-state index < -0.39 is 0 Å². The van der Waals surface area contributed by atoms with Crippen molar-refractivity contribution >= 4 is 23.3 Å². The van der Waals surface area contributed by atoms with E-state index >= 15 is 0 Å². The molecule has 0 bridgehead atoms. The monoisotopic (exact) mass is 345 g/mol. The molecule has 1 aromatic heterocycles. The fraction of sp³-hybridized carbons (Fsp3) is 0.316. The molecule has 0 spiro atoms. The van der Waals surface area contributed by atoms with Crippen LogP contribution in [0.5, 0.6) is 11.5 Å². The summed E-state index contributed by atoms with van der Waals surface area (Å²) < 4.78 is 11.2. The largest absolute Gasteiger partial charge is 0.490 e. The van der Waals surface area contributed by atoms with Crippen LogP contribution in [0.1, 0.15) is 37.3 Å².